The van der Waals surface area contributed by atoms with E-state index in [-0.39, 0.29) is 12.4 Å². The fraction of sp³-hybridized carbons (Fsp3) is 0.333. The SMILES string of the molecule is COC(=O)[C@@H](CCSC)NC(=O)Cn1nc(-c2ccc(F)cc2)ccc1=O. The fourth-order valence-electron chi connectivity index (χ4n) is 2.34. The van der Waals surface area contributed by atoms with Gasteiger partial charge in [0.2, 0.25) is 5.91 Å². The Labute approximate surface area is 159 Å². The lowest BCUT2D eigenvalue weighted by Crippen LogP contribution is -2.44. The van der Waals surface area contributed by atoms with E-state index in [0.29, 0.717) is 23.4 Å². The first-order valence-electron chi connectivity index (χ1n) is 8.15. The van der Waals surface area contributed by atoms with Gasteiger partial charge < -0.3 is 10.1 Å². The Morgan fingerprint density at radius 2 is 1.96 bits per heavy atom. The normalized spacial score (nSPS) is 11.7. The number of thioether (sulfide) groups is 1. The van der Waals surface area contributed by atoms with Crippen molar-refractivity contribution in [1.82, 2.24) is 15.1 Å². The number of ether oxygens (including phenoxy) is 1. The number of nitrogens with one attached hydrogen (secondary N) is 1. The molecule has 0 bridgehead atoms. The minimum absolute atomic E-state index is 0.347. The molecule has 144 valence electrons. The first kappa shape index (κ1) is 20.6. The average molecular weight is 393 g/mol. The van der Waals surface area contributed by atoms with Crippen LogP contribution < -0.4 is 10.9 Å². The summed E-state index contributed by atoms with van der Waals surface area (Å²) in [5.74, 6) is -0.793. The van der Waals surface area contributed by atoms with Gasteiger partial charge >= 0.3 is 5.97 Å². The molecule has 0 saturated heterocycles. The van der Waals surface area contributed by atoms with Gasteiger partial charge in [-0.25, -0.2) is 13.9 Å². The topological polar surface area (TPSA) is 90.3 Å². The lowest BCUT2D eigenvalue weighted by Gasteiger charge is -2.16. The summed E-state index contributed by atoms with van der Waals surface area (Å²) in [5.41, 5.74) is 0.571. The summed E-state index contributed by atoms with van der Waals surface area (Å²) in [7, 11) is 1.25. The van der Waals surface area contributed by atoms with E-state index in [1.165, 1.54) is 55.3 Å². The second-order valence-electron chi connectivity index (χ2n) is 5.65. The molecule has 0 unspecified atom stereocenters. The average Bonchev–Trinajstić information content (AvgIpc) is 2.67. The van der Waals surface area contributed by atoms with Crippen LogP contribution in [0, 0.1) is 5.82 Å². The van der Waals surface area contributed by atoms with Gasteiger partial charge in [-0.1, -0.05) is 0 Å². The van der Waals surface area contributed by atoms with Crippen LogP contribution in [-0.2, 0) is 20.9 Å². The zero-order valence-corrected chi connectivity index (χ0v) is 15.8. The fourth-order valence-corrected chi connectivity index (χ4v) is 2.81. The molecular formula is C18H20FN3O4S. The Morgan fingerprint density at radius 3 is 2.59 bits per heavy atom. The molecule has 1 amide bonds. The van der Waals surface area contributed by atoms with E-state index in [1.807, 2.05) is 6.26 Å². The number of hydrogen-bond acceptors (Lipinski definition) is 6. The van der Waals surface area contributed by atoms with Crippen molar-refractivity contribution in [3.05, 3.63) is 52.6 Å². The van der Waals surface area contributed by atoms with E-state index < -0.39 is 23.5 Å². The molecule has 7 nitrogen and oxygen atoms in total. The van der Waals surface area contributed by atoms with Crippen molar-refractivity contribution in [3.8, 4) is 11.3 Å². The quantitative estimate of drug-likeness (QED) is 0.683. The molecule has 0 aliphatic carbocycles. The molecule has 1 N–H and O–H groups in total. The minimum atomic E-state index is -0.786. The van der Waals surface area contributed by atoms with E-state index in [2.05, 4.69) is 10.4 Å². The number of rotatable bonds is 8. The van der Waals surface area contributed by atoms with Gasteiger partial charge in [0.05, 0.1) is 12.8 Å². The molecule has 1 aromatic heterocycles. The molecular weight excluding hydrogens is 373 g/mol. The molecule has 2 aromatic rings. The number of hydrogen-bond donors (Lipinski definition) is 1. The Hall–Kier alpha value is -2.68. The number of carbonyl (C=O) groups excluding carboxylic acids is 2. The minimum Gasteiger partial charge on any atom is -0.467 e. The third-order valence-corrected chi connectivity index (χ3v) is 4.38. The lowest BCUT2D eigenvalue weighted by molar-refractivity contribution is -0.145. The number of benzene rings is 1. The molecule has 0 fully saturated rings. The van der Waals surface area contributed by atoms with Gasteiger partial charge in [-0.15, -0.1) is 0 Å². The second kappa shape index (κ2) is 9.86. The summed E-state index contributed by atoms with van der Waals surface area (Å²) in [4.78, 5) is 36.1. The van der Waals surface area contributed by atoms with Crippen molar-refractivity contribution in [2.75, 3.05) is 19.1 Å². The van der Waals surface area contributed by atoms with E-state index in [9.17, 15) is 18.8 Å². The van der Waals surface area contributed by atoms with Crippen LogP contribution >= 0.6 is 11.8 Å². The highest BCUT2D eigenvalue weighted by atomic mass is 32.2. The first-order chi connectivity index (χ1) is 12.9. The lowest BCUT2D eigenvalue weighted by atomic mass is 10.1. The zero-order chi connectivity index (χ0) is 19.8. The Bertz CT molecular complexity index is 854. The molecule has 1 atom stereocenters. The van der Waals surface area contributed by atoms with Crippen LogP contribution in [0.25, 0.3) is 11.3 Å². The number of nitrogens with zero attached hydrogens (tertiary/aromatic N) is 2. The molecule has 0 spiro atoms. The largest absolute Gasteiger partial charge is 0.467 e. The maximum absolute atomic E-state index is 13.1. The van der Waals surface area contributed by atoms with Crippen LogP contribution in [0.1, 0.15) is 6.42 Å². The van der Waals surface area contributed by atoms with Crippen molar-refractivity contribution in [2.45, 2.75) is 19.0 Å². The second-order valence-corrected chi connectivity index (χ2v) is 6.63. The summed E-state index contributed by atoms with van der Waals surface area (Å²) in [5, 5.41) is 6.72. The number of amides is 1. The number of carbonyl (C=O) groups is 2. The van der Waals surface area contributed by atoms with Gasteiger partial charge in [-0.2, -0.15) is 16.9 Å². The van der Waals surface area contributed by atoms with Crippen molar-refractivity contribution in [3.63, 3.8) is 0 Å². The summed E-state index contributed by atoms with van der Waals surface area (Å²) in [6, 6.07) is 7.62. The monoisotopic (exact) mass is 393 g/mol. The highest BCUT2D eigenvalue weighted by molar-refractivity contribution is 7.98. The predicted molar refractivity (Wildman–Crippen MR) is 101 cm³/mol. The predicted octanol–water partition coefficient (Wildman–Crippen LogP) is 1.46. The van der Waals surface area contributed by atoms with E-state index in [4.69, 9.17) is 4.74 Å². The molecule has 1 heterocycles. The summed E-state index contributed by atoms with van der Waals surface area (Å²) in [6.07, 6.45) is 2.30. The van der Waals surface area contributed by atoms with Crippen molar-refractivity contribution in [2.24, 2.45) is 0 Å². The van der Waals surface area contributed by atoms with E-state index in [1.54, 1.807) is 0 Å². The van der Waals surface area contributed by atoms with Gasteiger partial charge in [0.15, 0.2) is 0 Å². The van der Waals surface area contributed by atoms with Crippen LogP contribution in [0.4, 0.5) is 4.39 Å². The standard InChI is InChI=1S/C18H20FN3O4S/c1-26-18(25)15(9-10-27-2)20-16(23)11-22-17(24)8-7-14(21-22)12-3-5-13(19)6-4-12/h3-8,15H,9-11H2,1-2H3,(H,20,23)/t15-/m1/s1. The summed E-state index contributed by atoms with van der Waals surface area (Å²) >= 11 is 1.54. The highest BCUT2D eigenvalue weighted by Crippen LogP contribution is 2.15. The number of esters is 1. The van der Waals surface area contributed by atoms with Crippen LogP contribution in [0.5, 0.6) is 0 Å². The van der Waals surface area contributed by atoms with Crippen LogP contribution in [0.2, 0.25) is 0 Å². The smallest absolute Gasteiger partial charge is 0.328 e. The van der Waals surface area contributed by atoms with Crippen molar-refractivity contribution in [1.29, 1.82) is 0 Å². The molecule has 1 aromatic carbocycles. The molecule has 0 saturated carbocycles. The molecule has 2 rings (SSSR count). The third kappa shape index (κ3) is 5.92. The van der Waals surface area contributed by atoms with Gasteiger partial charge in [-0.05, 0) is 48.8 Å². The van der Waals surface area contributed by atoms with E-state index in [0.717, 1.165) is 4.68 Å². The Kier molecular flexibility index (Phi) is 7.54. The number of methoxy groups -OCH3 is 1. The molecule has 27 heavy (non-hydrogen) atoms. The van der Waals surface area contributed by atoms with Crippen LogP contribution in [0.3, 0.4) is 0 Å². The van der Waals surface area contributed by atoms with Crippen LogP contribution in [-0.4, -0.2) is 46.8 Å². The first-order valence-corrected chi connectivity index (χ1v) is 9.54. The van der Waals surface area contributed by atoms with Crippen molar-refractivity contribution < 1.29 is 18.7 Å². The molecule has 9 heteroatoms. The third-order valence-electron chi connectivity index (χ3n) is 3.73. The number of halogens is 1. The summed E-state index contributed by atoms with van der Waals surface area (Å²) < 4.78 is 18.7. The number of aromatic nitrogens is 2. The van der Waals surface area contributed by atoms with Crippen LogP contribution in [0.15, 0.2) is 41.2 Å². The molecule has 0 aliphatic heterocycles. The Balaban J connectivity index is 2.14. The zero-order valence-electron chi connectivity index (χ0n) is 15.0. The maximum Gasteiger partial charge on any atom is 0.328 e. The van der Waals surface area contributed by atoms with Gasteiger partial charge in [0, 0.05) is 11.6 Å². The molecule has 0 aliphatic rings. The Morgan fingerprint density at radius 1 is 1.26 bits per heavy atom. The van der Waals surface area contributed by atoms with Gasteiger partial charge in [-0.3, -0.25) is 9.59 Å². The van der Waals surface area contributed by atoms with Gasteiger partial charge in [0.1, 0.15) is 18.4 Å². The van der Waals surface area contributed by atoms with E-state index >= 15 is 0 Å². The summed E-state index contributed by atoms with van der Waals surface area (Å²) in [6.45, 7) is -0.347. The molecule has 0 radical (unpaired) electrons. The highest BCUT2D eigenvalue weighted by Gasteiger charge is 2.21. The van der Waals surface area contributed by atoms with Gasteiger partial charge in [0.25, 0.3) is 5.56 Å². The maximum atomic E-state index is 13.1. The van der Waals surface area contributed by atoms with Crippen molar-refractivity contribution >= 4 is 23.6 Å².